The summed E-state index contributed by atoms with van der Waals surface area (Å²) in [5, 5.41) is 2.45. The fraction of sp³-hybridized carbons (Fsp3) is 0.455. The van der Waals surface area contributed by atoms with Gasteiger partial charge >= 0.3 is 6.36 Å². The second-order valence-corrected chi connectivity index (χ2v) is 3.83. The highest BCUT2D eigenvalue weighted by atomic mass is 19.4. The minimum Gasteiger partial charge on any atom is -0.406 e. The largest absolute Gasteiger partial charge is 0.573 e. The van der Waals surface area contributed by atoms with Gasteiger partial charge < -0.3 is 10.1 Å². The first kappa shape index (κ1) is 14.7. The van der Waals surface area contributed by atoms with E-state index in [0.717, 1.165) is 12.1 Å². The molecule has 0 aliphatic carbocycles. The summed E-state index contributed by atoms with van der Waals surface area (Å²) in [6.07, 6.45) is -7.49. The van der Waals surface area contributed by atoms with Crippen molar-refractivity contribution in [3.8, 4) is 5.75 Å². The maximum atomic E-state index is 12.9. The third kappa shape index (κ3) is 3.32. The lowest BCUT2D eigenvalue weighted by Gasteiger charge is -2.28. The standard InChI is InChI=1S/C11H12F5NO/c1-10(17-2,9(12)13)7-3-5-8(6-4-7)18-11(14,15)16/h3-6,9,17H,1-2H3. The van der Waals surface area contributed by atoms with Crippen LogP contribution in [-0.4, -0.2) is 19.8 Å². The molecule has 0 aliphatic heterocycles. The van der Waals surface area contributed by atoms with Crippen molar-refractivity contribution < 1.29 is 26.7 Å². The lowest BCUT2D eigenvalue weighted by molar-refractivity contribution is -0.274. The molecule has 0 spiro atoms. The number of nitrogens with one attached hydrogen (secondary N) is 1. The van der Waals surface area contributed by atoms with Crippen LogP contribution >= 0.6 is 0 Å². The first-order valence-corrected chi connectivity index (χ1v) is 5.02. The highest BCUT2D eigenvalue weighted by molar-refractivity contribution is 5.32. The molecule has 1 aromatic rings. The molecule has 18 heavy (non-hydrogen) atoms. The molecule has 0 saturated carbocycles. The van der Waals surface area contributed by atoms with Gasteiger partial charge in [-0.25, -0.2) is 8.78 Å². The van der Waals surface area contributed by atoms with E-state index in [2.05, 4.69) is 10.1 Å². The van der Waals surface area contributed by atoms with E-state index >= 15 is 0 Å². The van der Waals surface area contributed by atoms with Crippen LogP contribution in [0.4, 0.5) is 22.0 Å². The molecule has 0 amide bonds. The molecule has 0 bridgehead atoms. The zero-order valence-electron chi connectivity index (χ0n) is 9.68. The van der Waals surface area contributed by atoms with Gasteiger partial charge in [0.2, 0.25) is 0 Å². The van der Waals surface area contributed by atoms with Crippen LogP contribution in [0.5, 0.6) is 5.75 Å². The minimum atomic E-state index is -4.80. The Morgan fingerprint density at radius 3 is 1.94 bits per heavy atom. The normalized spacial score (nSPS) is 15.6. The van der Waals surface area contributed by atoms with E-state index < -0.39 is 24.1 Å². The summed E-state index contributed by atoms with van der Waals surface area (Å²) in [5.74, 6) is -0.445. The maximum Gasteiger partial charge on any atom is 0.573 e. The lowest BCUT2D eigenvalue weighted by Crippen LogP contribution is -2.43. The van der Waals surface area contributed by atoms with Crippen molar-refractivity contribution in [1.82, 2.24) is 5.32 Å². The number of rotatable bonds is 4. The Labute approximate surface area is 101 Å². The molecule has 0 aliphatic rings. The zero-order valence-corrected chi connectivity index (χ0v) is 9.68. The number of halogens is 5. The van der Waals surface area contributed by atoms with Gasteiger partial charge in [0, 0.05) is 0 Å². The van der Waals surface area contributed by atoms with Gasteiger partial charge in [-0.2, -0.15) is 0 Å². The highest BCUT2D eigenvalue weighted by Gasteiger charge is 2.35. The van der Waals surface area contributed by atoms with E-state index in [-0.39, 0.29) is 5.56 Å². The summed E-state index contributed by atoms with van der Waals surface area (Å²) in [5.41, 5.74) is -1.44. The monoisotopic (exact) mass is 269 g/mol. The molecular weight excluding hydrogens is 257 g/mol. The molecule has 102 valence electrons. The van der Waals surface area contributed by atoms with Crippen LogP contribution in [0.25, 0.3) is 0 Å². The van der Waals surface area contributed by atoms with E-state index in [9.17, 15) is 22.0 Å². The Kier molecular flexibility index (Phi) is 4.16. The molecule has 0 radical (unpaired) electrons. The summed E-state index contributed by atoms with van der Waals surface area (Å²) in [6, 6.07) is 4.34. The first-order valence-electron chi connectivity index (χ1n) is 5.02. The SMILES string of the molecule is CNC(C)(c1ccc(OC(F)(F)F)cc1)C(F)F. The van der Waals surface area contributed by atoms with Crippen LogP contribution in [0, 0.1) is 0 Å². The third-order valence-corrected chi connectivity index (χ3v) is 2.64. The number of alkyl halides is 5. The predicted octanol–water partition coefficient (Wildman–Crippen LogP) is 3.28. The number of ether oxygens (including phenoxy) is 1. The van der Waals surface area contributed by atoms with Crippen molar-refractivity contribution in [2.75, 3.05) is 7.05 Å². The fourth-order valence-electron chi connectivity index (χ4n) is 1.38. The van der Waals surface area contributed by atoms with Gasteiger partial charge in [-0.3, -0.25) is 0 Å². The molecule has 1 N–H and O–H groups in total. The molecule has 0 aromatic heterocycles. The third-order valence-electron chi connectivity index (χ3n) is 2.64. The van der Waals surface area contributed by atoms with Crippen LogP contribution in [0.2, 0.25) is 0 Å². The molecule has 7 heteroatoms. The maximum absolute atomic E-state index is 12.9. The average Bonchev–Trinajstić information content (AvgIpc) is 2.26. The molecular formula is C11H12F5NO. The second kappa shape index (κ2) is 5.09. The summed E-state index contributed by atoms with van der Waals surface area (Å²) in [7, 11) is 1.35. The van der Waals surface area contributed by atoms with Crippen molar-refractivity contribution >= 4 is 0 Å². The lowest BCUT2D eigenvalue weighted by atomic mass is 9.92. The van der Waals surface area contributed by atoms with Gasteiger partial charge in [0.1, 0.15) is 11.3 Å². The topological polar surface area (TPSA) is 21.3 Å². The van der Waals surface area contributed by atoms with Crippen LogP contribution in [0.3, 0.4) is 0 Å². The highest BCUT2D eigenvalue weighted by Crippen LogP contribution is 2.30. The summed E-state index contributed by atoms with van der Waals surface area (Å²) in [6.45, 7) is 1.26. The van der Waals surface area contributed by atoms with Crippen molar-refractivity contribution in [2.24, 2.45) is 0 Å². The molecule has 0 saturated heterocycles. The van der Waals surface area contributed by atoms with Crippen LogP contribution < -0.4 is 10.1 Å². The van der Waals surface area contributed by atoms with Gasteiger partial charge in [0.15, 0.2) is 0 Å². The molecule has 1 rings (SSSR count). The Balaban J connectivity index is 2.95. The van der Waals surface area contributed by atoms with Crippen molar-refractivity contribution in [3.63, 3.8) is 0 Å². The molecule has 1 aromatic carbocycles. The molecule has 1 atom stereocenters. The molecule has 0 heterocycles. The van der Waals surface area contributed by atoms with Crippen LogP contribution in [0.15, 0.2) is 24.3 Å². The minimum absolute atomic E-state index is 0.175. The number of hydrogen-bond donors (Lipinski definition) is 1. The van der Waals surface area contributed by atoms with Gasteiger partial charge in [-0.05, 0) is 31.7 Å². The van der Waals surface area contributed by atoms with E-state index in [0.29, 0.717) is 0 Å². The molecule has 0 fully saturated rings. The summed E-state index contributed by atoms with van der Waals surface area (Å²) >= 11 is 0. The summed E-state index contributed by atoms with van der Waals surface area (Å²) < 4.78 is 65.1. The van der Waals surface area contributed by atoms with Gasteiger partial charge in [0.05, 0.1) is 0 Å². The Bertz CT molecular complexity index is 389. The number of benzene rings is 1. The van der Waals surface area contributed by atoms with E-state index in [4.69, 9.17) is 0 Å². The zero-order chi connectivity index (χ0) is 14.0. The number of hydrogen-bond acceptors (Lipinski definition) is 2. The fourth-order valence-corrected chi connectivity index (χ4v) is 1.38. The molecule has 2 nitrogen and oxygen atoms in total. The van der Waals surface area contributed by atoms with Crippen molar-refractivity contribution in [1.29, 1.82) is 0 Å². The van der Waals surface area contributed by atoms with Crippen LogP contribution in [-0.2, 0) is 5.54 Å². The Morgan fingerprint density at radius 1 is 1.11 bits per heavy atom. The second-order valence-electron chi connectivity index (χ2n) is 3.83. The van der Waals surface area contributed by atoms with Crippen molar-refractivity contribution in [3.05, 3.63) is 29.8 Å². The quantitative estimate of drug-likeness (QED) is 0.847. The average molecular weight is 269 g/mol. The smallest absolute Gasteiger partial charge is 0.406 e. The predicted molar refractivity (Wildman–Crippen MR) is 55.5 cm³/mol. The van der Waals surface area contributed by atoms with E-state index in [1.54, 1.807) is 0 Å². The van der Waals surface area contributed by atoms with Gasteiger partial charge in [0.25, 0.3) is 6.43 Å². The van der Waals surface area contributed by atoms with Crippen LogP contribution in [0.1, 0.15) is 12.5 Å². The Hall–Kier alpha value is -1.37. The Morgan fingerprint density at radius 2 is 1.61 bits per heavy atom. The summed E-state index contributed by atoms with van der Waals surface area (Å²) in [4.78, 5) is 0. The first-order chi connectivity index (χ1) is 8.19. The van der Waals surface area contributed by atoms with Gasteiger partial charge in [-0.1, -0.05) is 12.1 Å². The van der Waals surface area contributed by atoms with E-state index in [1.807, 2.05) is 0 Å². The van der Waals surface area contributed by atoms with Gasteiger partial charge in [-0.15, -0.1) is 13.2 Å². The van der Waals surface area contributed by atoms with Crippen molar-refractivity contribution in [2.45, 2.75) is 25.3 Å². The molecule has 1 unspecified atom stereocenters. The van der Waals surface area contributed by atoms with E-state index in [1.165, 1.54) is 26.1 Å².